The molecule has 5 rings (SSSR count). The van der Waals surface area contributed by atoms with Crippen molar-refractivity contribution in [2.45, 2.75) is 45.2 Å². The number of rotatable bonds is 5. The number of likely N-dealkylation sites (tertiary alicyclic amines) is 2. The zero-order chi connectivity index (χ0) is 19.9. The van der Waals surface area contributed by atoms with Crippen LogP contribution in [-0.2, 0) is 22.7 Å². The number of amides is 2. The molecule has 3 heterocycles. The molecule has 1 aromatic carbocycles. The molecule has 0 unspecified atom stereocenters. The van der Waals surface area contributed by atoms with Crippen molar-refractivity contribution in [3.05, 3.63) is 54.4 Å². The van der Waals surface area contributed by atoms with Crippen LogP contribution in [0.5, 0.6) is 0 Å². The molecule has 2 saturated heterocycles. The van der Waals surface area contributed by atoms with E-state index in [4.69, 9.17) is 0 Å². The van der Waals surface area contributed by atoms with Gasteiger partial charge in [-0.25, -0.2) is 0 Å². The van der Waals surface area contributed by atoms with Gasteiger partial charge in [0.25, 0.3) is 0 Å². The Morgan fingerprint density at radius 3 is 2.45 bits per heavy atom. The van der Waals surface area contributed by atoms with E-state index in [-0.39, 0.29) is 22.6 Å². The van der Waals surface area contributed by atoms with Crippen molar-refractivity contribution < 1.29 is 9.59 Å². The number of piperidine rings is 1. The fraction of sp³-hybridized carbons (Fsp3) is 0.522. The van der Waals surface area contributed by atoms with Crippen LogP contribution in [0.4, 0.5) is 0 Å². The number of carbonyl (C=O) groups excluding carboxylic acids is 2. The molecule has 6 nitrogen and oxygen atoms in total. The Balaban J connectivity index is 1.19. The Bertz CT molecular complexity index is 881. The van der Waals surface area contributed by atoms with Gasteiger partial charge in [0.2, 0.25) is 11.8 Å². The molecule has 1 saturated carbocycles. The van der Waals surface area contributed by atoms with E-state index >= 15 is 0 Å². The Morgan fingerprint density at radius 2 is 1.79 bits per heavy atom. The molecule has 0 N–H and O–H groups in total. The quantitative estimate of drug-likeness (QED) is 0.786. The molecule has 152 valence electrons. The SMILES string of the molecule is O=C1CC2(CCN(C(=O)C3(Cn4cccn4)CC3)CC2)CN1Cc1ccccc1. The van der Waals surface area contributed by atoms with Gasteiger partial charge in [-0.15, -0.1) is 0 Å². The molecule has 0 atom stereocenters. The lowest BCUT2D eigenvalue weighted by Crippen LogP contribution is -2.47. The molecular weight excluding hydrogens is 364 g/mol. The molecule has 6 heteroatoms. The second-order valence-corrected chi connectivity index (χ2v) is 9.19. The lowest BCUT2D eigenvalue weighted by Gasteiger charge is -2.40. The van der Waals surface area contributed by atoms with E-state index in [1.165, 1.54) is 5.56 Å². The van der Waals surface area contributed by atoms with Crippen LogP contribution in [0.3, 0.4) is 0 Å². The summed E-state index contributed by atoms with van der Waals surface area (Å²) in [5.41, 5.74) is 0.975. The third-order valence-corrected chi connectivity index (χ3v) is 7.06. The van der Waals surface area contributed by atoms with E-state index in [2.05, 4.69) is 17.2 Å². The Kier molecular flexibility index (Phi) is 4.45. The second-order valence-electron chi connectivity index (χ2n) is 9.19. The van der Waals surface area contributed by atoms with Crippen LogP contribution in [-0.4, -0.2) is 51.0 Å². The average molecular weight is 393 g/mol. The minimum absolute atomic E-state index is 0.0430. The Labute approximate surface area is 171 Å². The van der Waals surface area contributed by atoms with E-state index in [1.54, 1.807) is 6.20 Å². The molecule has 3 aliphatic rings. The van der Waals surface area contributed by atoms with Gasteiger partial charge in [0.15, 0.2) is 0 Å². The minimum atomic E-state index is -0.249. The van der Waals surface area contributed by atoms with Gasteiger partial charge in [-0.1, -0.05) is 30.3 Å². The van der Waals surface area contributed by atoms with Gasteiger partial charge in [0, 0.05) is 50.4 Å². The minimum Gasteiger partial charge on any atom is -0.342 e. The first-order valence-corrected chi connectivity index (χ1v) is 10.7. The highest BCUT2D eigenvalue weighted by molar-refractivity contribution is 5.85. The number of carbonyl (C=O) groups is 2. The standard InChI is InChI=1S/C23H28N4O2/c28-20-15-22(17-26(20)16-19-5-2-1-3-6-19)9-13-25(14-10-22)21(29)23(7-8-23)18-27-12-4-11-24-27/h1-6,11-12H,7-10,13-18H2. The molecule has 2 amide bonds. The summed E-state index contributed by atoms with van der Waals surface area (Å²) in [4.78, 5) is 29.9. The zero-order valence-electron chi connectivity index (χ0n) is 16.8. The Morgan fingerprint density at radius 1 is 1.03 bits per heavy atom. The molecular formula is C23H28N4O2. The summed E-state index contributed by atoms with van der Waals surface area (Å²) in [7, 11) is 0. The summed E-state index contributed by atoms with van der Waals surface area (Å²) in [6.45, 7) is 3.74. The normalized spacial score (nSPS) is 22.3. The lowest BCUT2D eigenvalue weighted by atomic mass is 9.77. The molecule has 2 aromatic rings. The van der Waals surface area contributed by atoms with Gasteiger partial charge in [0.1, 0.15) is 0 Å². The smallest absolute Gasteiger partial charge is 0.230 e. The molecule has 0 radical (unpaired) electrons. The van der Waals surface area contributed by atoms with Crippen LogP contribution in [0.25, 0.3) is 0 Å². The fourth-order valence-corrected chi connectivity index (χ4v) is 5.08. The summed E-state index contributed by atoms with van der Waals surface area (Å²) in [5.74, 6) is 0.541. The molecule has 3 fully saturated rings. The molecule has 2 aliphatic heterocycles. The predicted molar refractivity (Wildman–Crippen MR) is 109 cm³/mol. The number of aromatic nitrogens is 2. The van der Waals surface area contributed by atoms with E-state index in [1.807, 2.05) is 44.9 Å². The van der Waals surface area contributed by atoms with Crippen molar-refractivity contribution in [1.82, 2.24) is 19.6 Å². The summed E-state index contributed by atoms with van der Waals surface area (Å²) < 4.78 is 1.88. The first kappa shape index (κ1) is 18.4. The first-order valence-electron chi connectivity index (χ1n) is 10.7. The number of hydrogen-bond donors (Lipinski definition) is 0. The first-order chi connectivity index (χ1) is 14.1. The van der Waals surface area contributed by atoms with Gasteiger partial charge in [-0.3, -0.25) is 14.3 Å². The largest absolute Gasteiger partial charge is 0.342 e. The van der Waals surface area contributed by atoms with Crippen LogP contribution in [0.2, 0.25) is 0 Å². The predicted octanol–water partition coefficient (Wildman–Crippen LogP) is 2.70. The van der Waals surface area contributed by atoms with Gasteiger partial charge in [-0.2, -0.15) is 5.10 Å². The number of nitrogens with zero attached hydrogens (tertiary/aromatic N) is 4. The van der Waals surface area contributed by atoms with Crippen molar-refractivity contribution >= 4 is 11.8 Å². The summed E-state index contributed by atoms with van der Waals surface area (Å²) in [5, 5.41) is 4.28. The monoisotopic (exact) mass is 392 g/mol. The molecule has 1 spiro atoms. The van der Waals surface area contributed by atoms with E-state index < -0.39 is 0 Å². The molecule has 1 aromatic heterocycles. The fourth-order valence-electron chi connectivity index (χ4n) is 5.08. The van der Waals surface area contributed by atoms with Gasteiger partial charge in [0.05, 0.1) is 12.0 Å². The summed E-state index contributed by atoms with van der Waals surface area (Å²) >= 11 is 0. The van der Waals surface area contributed by atoms with Gasteiger partial charge >= 0.3 is 0 Å². The molecule has 1 aliphatic carbocycles. The van der Waals surface area contributed by atoms with Crippen molar-refractivity contribution in [3.63, 3.8) is 0 Å². The third kappa shape index (κ3) is 3.56. The summed E-state index contributed by atoms with van der Waals surface area (Å²) in [6, 6.07) is 12.1. The van der Waals surface area contributed by atoms with Crippen LogP contribution in [0, 0.1) is 10.8 Å². The highest BCUT2D eigenvalue weighted by atomic mass is 16.2. The third-order valence-electron chi connectivity index (χ3n) is 7.06. The van der Waals surface area contributed by atoms with Crippen LogP contribution in [0.1, 0.15) is 37.7 Å². The van der Waals surface area contributed by atoms with E-state index in [0.717, 1.165) is 45.3 Å². The maximum absolute atomic E-state index is 13.2. The van der Waals surface area contributed by atoms with Crippen LogP contribution < -0.4 is 0 Å². The molecule has 0 bridgehead atoms. The van der Waals surface area contributed by atoms with Crippen molar-refractivity contribution in [2.75, 3.05) is 19.6 Å². The summed E-state index contributed by atoms with van der Waals surface area (Å²) in [6.07, 6.45) is 8.09. The maximum Gasteiger partial charge on any atom is 0.230 e. The lowest BCUT2D eigenvalue weighted by molar-refractivity contribution is -0.140. The topological polar surface area (TPSA) is 58.4 Å². The second kappa shape index (κ2) is 7.01. The zero-order valence-corrected chi connectivity index (χ0v) is 16.8. The highest BCUT2D eigenvalue weighted by Gasteiger charge is 2.54. The van der Waals surface area contributed by atoms with E-state index in [9.17, 15) is 9.59 Å². The molecule has 29 heavy (non-hydrogen) atoms. The van der Waals surface area contributed by atoms with Gasteiger partial charge in [-0.05, 0) is 37.3 Å². The average Bonchev–Trinajstić information content (AvgIpc) is 3.21. The van der Waals surface area contributed by atoms with Crippen molar-refractivity contribution in [1.29, 1.82) is 0 Å². The highest BCUT2D eigenvalue weighted by Crippen LogP contribution is 2.50. The number of benzene rings is 1. The Hall–Kier alpha value is -2.63. The van der Waals surface area contributed by atoms with E-state index in [0.29, 0.717) is 19.5 Å². The van der Waals surface area contributed by atoms with Crippen molar-refractivity contribution in [3.8, 4) is 0 Å². The van der Waals surface area contributed by atoms with Crippen LogP contribution >= 0.6 is 0 Å². The maximum atomic E-state index is 13.2. The number of hydrogen-bond acceptors (Lipinski definition) is 3. The van der Waals surface area contributed by atoms with Crippen molar-refractivity contribution in [2.24, 2.45) is 10.8 Å². The van der Waals surface area contributed by atoms with Gasteiger partial charge < -0.3 is 9.80 Å². The van der Waals surface area contributed by atoms with Crippen LogP contribution in [0.15, 0.2) is 48.8 Å².